The van der Waals surface area contributed by atoms with Gasteiger partial charge < -0.3 is 14.4 Å². The second-order valence-corrected chi connectivity index (χ2v) is 11.7. The zero-order chi connectivity index (χ0) is 28.8. The zero-order valence-corrected chi connectivity index (χ0v) is 25.6. The average Bonchev–Trinajstić information content (AvgIpc) is 3.27. The summed E-state index contributed by atoms with van der Waals surface area (Å²) >= 11 is 4.99. The first-order valence-electron chi connectivity index (χ1n) is 13.9. The smallest absolute Gasteiger partial charge is 0.266 e. The van der Waals surface area contributed by atoms with Gasteiger partial charge in [-0.05, 0) is 111 Å². The van der Waals surface area contributed by atoms with E-state index in [1.54, 1.807) is 11.0 Å². The Kier molecular flexibility index (Phi) is 9.67. The molecule has 9 heteroatoms. The predicted octanol–water partition coefficient (Wildman–Crippen LogP) is 8.18. The SMILES string of the molecule is CCOc1cc(/C=C2\SC(=Nc3ccc(N4CCCCC4)cc3)N(CC)C2=O)c(Br)cc1OCc1cccc(F)c1. The Labute approximate surface area is 253 Å². The molecule has 0 bridgehead atoms. The van der Waals surface area contributed by atoms with Crippen LogP contribution < -0.4 is 14.4 Å². The Morgan fingerprint density at radius 2 is 1.76 bits per heavy atom. The van der Waals surface area contributed by atoms with Gasteiger partial charge in [-0.1, -0.05) is 28.1 Å². The number of benzene rings is 3. The molecule has 0 spiro atoms. The first kappa shape index (κ1) is 29.2. The van der Waals surface area contributed by atoms with Crippen molar-refractivity contribution in [1.29, 1.82) is 0 Å². The lowest BCUT2D eigenvalue weighted by Crippen LogP contribution is -2.29. The summed E-state index contributed by atoms with van der Waals surface area (Å²) in [5, 5.41) is 0.658. The van der Waals surface area contributed by atoms with Crippen molar-refractivity contribution in [2.75, 3.05) is 31.1 Å². The number of amides is 1. The summed E-state index contributed by atoms with van der Waals surface area (Å²) in [5.41, 5.74) is 3.54. The molecule has 0 radical (unpaired) electrons. The van der Waals surface area contributed by atoms with Crippen LogP contribution in [0.5, 0.6) is 11.5 Å². The Hall–Kier alpha value is -3.30. The van der Waals surface area contributed by atoms with E-state index in [4.69, 9.17) is 14.5 Å². The number of amidine groups is 1. The van der Waals surface area contributed by atoms with Crippen LogP contribution in [0.2, 0.25) is 0 Å². The number of thioether (sulfide) groups is 1. The second kappa shape index (κ2) is 13.6. The summed E-state index contributed by atoms with van der Waals surface area (Å²) in [5.74, 6) is 0.680. The van der Waals surface area contributed by atoms with E-state index in [1.165, 1.54) is 48.8 Å². The molecule has 0 saturated carbocycles. The number of hydrogen-bond donors (Lipinski definition) is 0. The Bertz CT molecular complexity index is 1460. The standard InChI is InChI=1S/C32H33BrFN3O3S/c1-3-37-31(38)30(41-32(37)35-25-11-13-26(14-12-25)36-15-6-5-7-16-36)19-23-18-28(39-4-2)29(20-27(23)33)40-21-22-9-8-10-24(34)17-22/h8-14,17-20H,3-7,15-16,21H2,1-2H3/b30-19-,35-32?. The molecule has 0 aromatic heterocycles. The van der Waals surface area contributed by atoms with Crippen LogP contribution in [0, 0.1) is 5.82 Å². The molecule has 5 rings (SSSR count). The van der Waals surface area contributed by atoms with Crippen LogP contribution >= 0.6 is 27.7 Å². The molecular weight excluding hydrogens is 605 g/mol. The first-order valence-corrected chi connectivity index (χ1v) is 15.5. The van der Waals surface area contributed by atoms with Gasteiger partial charge in [0.1, 0.15) is 12.4 Å². The highest BCUT2D eigenvalue weighted by atomic mass is 79.9. The Balaban J connectivity index is 1.36. The maximum Gasteiger partial charge on any atom is 0.266 e. The normalized spacial score (nSPS) is 17.5. The third-order valence-electron chi connectivity index (χ3n) is 6.93. The van der Waals surface area contributed by atoms with Crippen LogP contribution in [0.25, 0.3) is 6.08 Å². The molecule has 0 atom stereocenters. The highest BCUT2D eigenvalue weighted by Gasteiger charge is 2.32. The molecule has 3 aromatic rings. The second-order valence-electron chi connectivity index (χ2n) is 9.79. The molecule has 2 aliphatic rings. The van der Waals surface area contributed by atoms with E-state index < -0.39 is 0 Å². The van der Waals surface area contributed by atoms with Gasteiger partial charge in [0.2, 0.25) is 0 Å². The number of rotatable bonds is 9. The van der Waals surface area contributed by atoms with E-state index in [9.17, 15) is 9.18 Å². The Morgan fingerprint density at radius 1 is 1.00 bits per heavy atom. The van der Waals surface area contributed by atoms with E-state index in [1.807, 2.05) is 50.3 Å². The van der Waals surface area contributed by atoms with Crippen molar-refractivity contribution in [3.8, 4) is 11.5 Å². The number of carbonyl (C=O) groups is 1. The van der Waals surface area contributed by atoms with Crippen molar-refractivity contribution in [2.24, 2.45) is 4.99 Å². The molecule has 6 nitrogen and oxygen atoms in total. The number of ether oxygens (including phenoxy) is 2. The number of piperidine rings is 1. The lowest BCUT2D eigenvalue weighted by Gasteiger charge is -2.28. The van der Waals surface area contributed by atoms with E-state index in [2.05, 4.69) is 33.0 Å². The summed E-state index contributed by atoms with van der Waals surface area (Å²) < 4.78 is 26.2. The topological polar surface area (TPSA) is 54.4 Å². The van der Waals surface area contributed by atoms with Crippen molar-refractivity contribution in [3.05, 3.63) is 87.0 Å². The summed E-state index contributed by atoms with van der Waals surface area (Å²) in [4.78, 5) is 22.8. The number of hydrogen-bond acceptors (Lipinski definition) is 6. The largest absolute Gasteiger partial charge is 0.490 e. The highest BCUT2D eigenvalue weighted by molar-refractivity contribution is 9.10. The van der Waals surface area contributed by atoms with Crippen molar-refractivity contribution in [3.63, 3.8) is 0 Å². The maximum atomic E-state index is 13.6. The highest BCUT2D eigenvalue weighted by Crippen LogP contribution is 2.39. The van der Waals surface area contributed by atoms with Gasteiger partial charge in [0.05, 0.1) is 17.2 Å². The molecule has 214 valence electrons. The van der Waals surface area contributed by atoms with Crippen LogP contribution in [0.1, 0.15) is 44.2 Å². The minimum atomic E-state index is -0.309. The quantitative estimate of drug-likeness (QED) is 0.221. The van der Waals surface area contributed by atoms with E-state index in [0.29, 0.717) is 34.7 Å². The van der Waals surface area contributed by atoms with Gasteiger partial charge in [-0.15, -0.1) is 0 Å². The lowest BCUT2D eigenvalue weighted by atomic mass is 10.1. The summed E-state index contributed by atoms with van der Waals surface area (Å²) in [7, 11) is 0. The molecule has 1 amide bonds. The molecule has 0 aliphatic carbocycles. The third kappa shape index (κ3) is 7.13. The van der Waals surface area contributed by atoms with Crippen molar-refractivity contribution in [2.45, 2.75) is 39.7 Å². The van der Waals surface area contributed by atoms with Gasteiger partial charge in [-0.25, -0.2) is 9.38 Å². The average molecular weight is 639 g/mol. The van der Waals surface area contributed by atoms with Crippen LogP contribution in [-0.2, 0) is 11.4 Å². The van der Waals surface area contributed by atoms with Crippen molar-refractivity contribution < 1.29 is 18.7 Å². The van der Waals surface area contributed by atoms with E-state index in [0.717, 1.165) is 34.4 Å². The van der Waals surface area contributed by atoms with Crippen LogP contribution in [0.15, 0.2) is 75.0 Å². The van der Waals surface area contributed by atoms with Gasteiger partial charge in [0.15, 0.2) is 16.7 Å². The molecule has 0 unspecified atom stereocenters. The van der Waals surface area contributed by atoms with Crippen molar-refractivity contribution >= 4 is 56.2 Å². The molecular formula is C32H33BrFN3O3S. The Morgan fingerprint density at radius 3 is 2.46 bits per heavy atom. The monoisotopic (exact) mass is 637 g/mol. The molecule has 2 saturated heterocycles. The molecule has 41 heavy (non-hydrogen) atoms. The van der Waals surface area contributed by atoms with Gasteiger partial charge >= 0.3 is 0 Å². The number of likely N-dealkylation sites (N-methyl/N-ethyl adjacent to an activating group) is 1. The molecule has 2 aliphatic heterocycles. The fourth-order valence-corrected chi connectivity index (χ4v) is 6.33. The molecule has 2 heterocycles. The lowest BCUT2D eigenvalue weighted by molar-refractivity contribution is -0.122. The third-order valence-corrected chi connectivity index (χ3v) is 8.63. The van der Waals surface area contributed by atoms with Crippen molar-refractivity contribution in [1.82, 2.24) is 4.90 Å². The van der Waals surface area contributed by atoms with Gasteiger partial charge in [0, 0.05) is 29.8 Å². The van der Waals surface area contributed by atoms with Gasteiger partial charge in [0.25, 0.3) is 5.91 Å². The molecule has 3 aromatic carbocycles. The molecule has 0 N–H and O–H groups in total. The predicted molar refractivity (Wildman–Crippen MR) is 169 cm³/mol. The number of anilines is 1. The minimum Gasteiger partial charge on any atom is -0.490 e. The van der Waals surface area contributed by atoms with Gasteiger partial charge in [-0.3, -0.25) is 9.69 Å². The van der Waals surface area contributed by atoms with E-state index in [-0.39, 0.29) is 18.3 Å². The summed E-state index contributed by atoms with van der Waals surface area (Å²) in [6.07, 6.45) is 5.61. The summed E-state index contributed by atoms with van der Waals surface area (Å²) in [6, 6.07) is 18.2. The van der Waals surface area contributed by atoms with Crippen LogP contribution in [0.3, 0.4) is 0 Å². The number of carbonyl (C=O) groups excluding carboxylic acids is 1. The number of halogens is 2. The fourth-order valence-electron chi connectivity index (χ4n) is 4.84. The fraction of sp³-hybridized carbons (Fsp3) is 0.312. The number of aliphatic imine (C=N–C) groups is 1. The van der Waals surface area contributed by atoms with Crippen LogP contribution in [-0.4, -0.2) is 42.2 Å². The first-order chi connectivity index (χ1) is 19.9. The van der Waals surface area contributed by atoms with Crippen LogP contribution in [0.4, 0.5) is 15.8 Å². The zero-order valence-electron chi connectivity index (χ0n) is 23.2. The number of nitrogens with zero attached hydrogens (tertiary/aromatic N) is 3. The maximum absolute atomic E-state index is 13.6. The minimum absolute atomic E-state index is 0.0857. The molecule has 2 fully saturated rings. The summed E-state index contributed by atoms with van der Waals surface area (Å²) in [6.45, 7) is 7.19. The van der Waals surface area contributed by atoms with E-state index >= 15 is 0 Å². The van der Waals surface area contributed by atoms with Gasteiger partial charge in [-0.2, -0.15) is 0 Å².